The molecule has 0 spiro atoms. The van der Waals surface area contributed by atoms with Crippen LogP contribution in [0.15, 0.2) is 48.0 Å². The molecule has 158 valence electrons. The number of ether oxygens (including phenoxy) is 1. The minimum absolute atomic E-state index is 0.0958. The van der Waals surface area contributed by atoms with Gasteiger partial charge in [0.05, 0.1) is 40.4 Å². The number of thiophene rings is 1. The predicted octanol–water partition coefficient (Wildman–Crippen LogP) is 5.09. The largest absolute Gasteiger partial charge is 0.465 e. The molecule has 0 bridgehead atoms. The molecule has 0 aliphatic carbocycles. The molecule has 3 heterocycles. The van der Waals surface area contributed by atoms with Crippen LogP contribution < -0.4 is 5.32 Å². The molecule has 31 heavy (non-hydrogen) atoms. The summed E-state index contributed by atoms with van der Waals surface area (Å²) < 4.78 is 6.64. The molecule has 0 saturated heterocycles. The first-order valence-electron chi connectivity index (χ1n) is 9.82. The third-order valence-electron chi connectivity index (χ3n) is 5.06. The minimum atomic E-state index is -0.446. The predicted molar refractivity (Wildman–Crippen MR) is 122 cm³/mol. The first kappa shape index (κ1) is 20.7. The van der Waals surface area contributed by atoms with E-state index in [1.165, 1.54) is 7.11 Å². The Hall–Kier alpha value is -3.52. The molecule has 1 amide bonds. The monoisotopic (exact) mass is 434 g/mol. The molecular weight excluding hydrogens is 412 g/mol. The van der Waals surface area contributed by atoms with Gasteiger partial charge in [0.1, 0.15) is 0 Å². The number of carbonyl (C=O) groups excluding carboxylic acids is 2. The van der Waals surface area contributed by atoms with Crippen LogP contribution in [0.2, 0.25) is 0 Å². The fraction of sp³-hybridized carbons (Fsp3) is 0.217. The van der Waals surface area contributed by atoms with Crippen molar-refractivity contribution in [2.24, 2.45) is 0 Å². The number of aromatic nitrogens is 3. The van der Waals surface area contributed by atoms with Crippen molar-refractivity contribution in [3.63, 3.8) is 0 Å². The van der Waals surface area contributed by atoms with Crippen LogP contribution in [-0.4, -0.2) is 33.8 Å². The molecule has 1 N–H and O–H groups in total. The van der Waals surface area contributed by atoms with E-state index in [9.17, 15) is 9.59 Å². The molecule has 4 aromatic rings. The van der Waals surface area contributed by atoms with Gasteiger partial charge < -0.3 is 10.1 Å². The molecule has 4 rings (SSSR count). The summed E-state index contributed by atoms with van der Waals surface area (Å²) in [7, 11) is 1.33. The number of benzene rings is 1. The summed E-state index contributed by atoms with van der Waals surface area (Å²) in [4.78, 5) is 31.1. The van der Waals surface area contributed by atoms with E-state index in [4.69, 9.17) is 9.72 Å². The fourth-order valence-electron chi connectivity index (χ4n) is 3.43. The molecule has 0 aliphatic heterocycles. The van der Waals surface area contributed by atoms with Gasteiger partial charge in [-0.1, -0.05) is 12.1 Å². The maximum Gasteiger partial charge on any atom is 0.338 e. The topological polar surface area (TPSA) is 86.1 Å². The van der Waals surface area contributed by atoms with Crippen molar-refractivity contribution in [1.29, 1.82) is 0 Å². The van der Waals surface area contributed by atoms with E-state index in [0.717, 1.165) is 10.6 Å². The van der Waals surface area contributed by atoms with Crippen molar-refractivity contribution < 1.29 is 14.3 Å². The van der Waals surface area contributed by atoms with Gasteiger partial charge in [0.15, 0.2) is 5.65 Å². The molecule has 8 heteroatoms. The first-order valence-corrected chi connectivity index (χ1v) is 10.7. The maximum absolute atomic E-state index is 13.3. The Morgan fingerprint density at radius 1 is 1.16 bits per heavy atom. The fourth-order valence-corrected chi connectivity index (χ4v) is 4.11. The number of nitrogens with one attached hydrogen (secondary N) is 1. The number of amides is 1. The average Bonchev–Trinajstić information content (AvgIpc) is 3.43. The zero-order valence-electron chi connectivity index (χ0n) is 17.7. The van der Waals surface area contributed by atoms with E-state index >= 15 is 0 Å². The van der Waals surface area contributed by atoms with E-state index < -0.39 is 5.97 Å². The number of fused-ring (bicyclic) bond motifs is 1. The van der Waals surface area contributed by atoms with Gasteiger partial charge in [-0.25, -0.2) is 14.5 Å². The van der Waals surface area contributed by atoms with Gasteiger partial charge in [0.25, 0.3) is 5.91 Å². The van der Waals surface area contributed by atoms with Gasteiger partial charge in [-0.05, 0) is 56.0 Å². The summed E-state index contributed by atoms with van der Waals surface area (Å²) in [5, 5.41) is 10.0. The molecular formula is C23H22N4O3S. The molecule has 0 saturated carbocycles. The van der Waals surface area contributed by atoms with Crippen LogP contribution in [0.25, 0.3) is 21.6 Å². The zero-order valence-corrected chi connectivity index (χ0v) is 18.5. The molecule has 3 aromatic heterocycles. The highest BCUT2D eigenvalue weighted by molar-refractivity contribution is 7.13. The number of esters is 1. The lowest BCUT2D eigenvalue weighted by Gasteiger charge is -2.13. The third-order valence-corrected chi connectivity index (χ3v) is 5.95. The Morgan fingerprint density at radius 2 is 1.97 bits per heavy atom. The number of anilines is 1. The Kier molecular flexibility index (Phi) is 5.56. The second kappa shape index (κ2) is 8.31. The van der Waals surface area contributed by atoms with Crippen LogP contribution in [0.3, 0.4) is 0 Å². The van der Waals surface area contributed by atoms with Gasteiger partial charge in [0.2, 0.25) is 0 Å². The molecule has 0 fully saturated rings. The molecule has 0 unspecified atom stereocenters. The van der Waals surface area contributed by atoms with Crippen molar-refractivity contribution >= 4 is 39.9 Å². The van der Waals surface area contributed by atoms with Gasteiger partial charge in [-0.2, -0.15) is 5.10 Å². The van der Waals surface area contributed by atoms with Gasteiger partial charge in [-0.3, -0.25) is 4.79 Å². The normalized spacial score (nSPS) is 11.1. The number of pyridine rings is 1. The average molecular weight is 435 g/mol. The van der Waals surface area contributed by atoms with Crippen molar-refractivity contribution in [2.75, 3.05) is 12.4 Å². The van der Waals surface area contributed by atoms with E-state index in [2.05, 4.69) is 10.4 Å². The Balaban J connectivity index is 1.81. The highest BCUT2D eigenvalue weighted by Crippen LogP contribution is 2.30. The number of methoxy groups -OCH3 is 1. The van der Waals surface area contributed by atoms with E-state index in [1.807, 2.05) is 36.0 Å². The molecule has 1 aromatic carbocycles. The Morgan fingerprint density at radius 3 is 2.65 bits per heavy atom. The van der Waals surface area contributed by atoms with Gasteiger partial charge in [0, 0.05) is 11.7 Å². The van der Waals surface area contributed by atoms with E-state index in [0.29, 0.717) is 33.4 Å². The first-order chi connectivity index (χ1) is 14.9. The second-order valence-corrected chi connectivity index (χ2v) is 8.32. The van der Waals surface area contributed by atoms with Crippen LogP contribution in [0.5, 0.6) is 0 Å². The van der Waals surface area contributed by atoms with Gasteiger partial charge in [-0.15, -0.1) is 11.3 Å². The lowest BCUT2D eigenvalue weighted by atomic mass is 10.1. The quantitative estimate of drug-likeness (QED) is 0.442. The number of carbonyl (C=O) groups is 2. The summed E-state index contributed by atoms with van der Waals surface area (Å²) >= 11 is 1.56. The summed E-state index contributed by atoms with van der Waals surface area (Å²) in [5.41, 5.74) is 3.45. The summed E-state index contributed by atoms with van der Waals surface area (Å²) in [6.45, 7) is 5.82. The molecule has 7 nitrogen and oxygen atoms in total. The van der Waals surface area contributed by atoms with E-state index in [1.54, 1.807) is 48.7 Å². The number of hydrogen-bond donors (Lipinski definition) is 1. The van der Waals surface area contributed by atoms with Gasteiger partial charge >= 0.3 is 5.97 Å². The minimum Gasteiger partial charge on any atom is -0.465 e. The lowest BCUT2D eigenvalue weighted by Crippen LogP contribution is -2.15. The molecule has 0 atom stereocenters. The Bertz CT molecular complexity index is 1280. The Labute approximate surface area is 183 Å². The summed E-state index contributed by atoms with van der Waals surface area (Å²) in [6.07, 6.45) is 1.67. The summed E-state index contributed by atoms with van der Waals surface area (Å²) in [6, 6.07) is 10.9. The standard InChI is InChI=1S/C23H22N4O3S/c1-13(2)27-21-17(12-24-27)16(11-19(25-21)20-9-6-10-31-20)22(28)26-18-8-5-7-15(14(18)3)23(29)30-4/h5-13H,1-4H3,(H,26,28). The van der Waals surface area contributed by atoms with Crippen LogP contribution >= 0.6 is 11.3 Å². The van der Waals surface area contributed by atoms with Crippen molar-refractivity contribution in [2.45, 2.75) is 26.8 Å². The highest BCUT2D eigenvalue weighted by atomic mass is 32.1. The third kappa shape index (κ3) is 3.82. The van der Waals surface area contributed by atoms with Crippen molar-refractivity contribution in [3.05, 3.63) is 64.7 Å². The zero-order chi connectivity index (χ0) is 22.1. The van der Waals surface area contributed by atoms with Crippen LogP contribution in [0, 0.1) is 6.92 Å². The number of nitrogens with zero attached hydrogens (tertiary/aromatic N) is 3. The van der Waals surface area contributed by atoms with Crippen molar-refractivity contribution in [3.8, 4) is 10.6 Å². The lowest BCUT2D eigenvalue weighted by molar-refractivity contribution is 0.0599. The summed E-state index contributed by atoms with van der Waals surface area (Å²) in [5.74, 6) is -0.739. The molecule has 0 aliphatic rings. The van der Waals surface area contributed by atoms with Crippen molar-refractivity contribution in [1.82, 2.24) is 14.8 Å². The van der Waals surface area contributed by atoms with Crippen LogP contribution in [0.4, 0.5) is 5.69 Å². The SMILES string of the molecule is COC(=O)c1cccc(NC(=O)c2cc(-c3cccs3)nc3c2cnn3C(C)C)c1C. The molecule has 0 radical (unpaired) electrons. The second-order valence-electron chi connectivity index (χ2n) is 7.38. The number of hydrogen-bond acceptors (Lipinski definition) is 6. The maximum atomic E-state index is 13.3. The highest BCUT2D eigenvalue weighted by Gasteiger charge is 2.20. The smallest absolute Gasteiger partial charge is 0.338 e. The van der Waals surface area contributed by atoms with Crippen LogP contribution in [0.1, 0.15) is 46.2 Å². The van der Waals surface area contributed by atoms with E-state index in [-0.39, 0.29) is 11.9 Å². The number of rotatable bonds is 5. The van der Waals surface area contributed by atoms with Crippen LogP contribution in [-0.2, 0) is 4.74 Å².